The summed E-state index contributed by atoms with van der Waals surface area (Å²) in [5.74, 6) is 0.205. The zero-order chi connectivity index (χ0) is 21.5. The van der Waals surface area contributed by atoms with Gasteiger partial charge in [0.25, 0.3) is 0 Å². The second-order valence-corrected chi connectivity index (χ2v) is 8.09. The van der Waals surface area contributed by atoms with Gasteiger partial charge in [-0.1, -0.05) is 72.8 Å². The van der Waals surface area contributed by atoms with Gasteiger partial charge < -0.3 is 14.5 Å². The van der Waals surface area contributed by atoms with Crippen LogP contribution in [0, 0.1) is 0 Å². The average molecular weight is 415 g/mol. The Hall–Kier alpha value is -3.11. The molecule has 0 unspecified atom stereocenters. The molecule has 0 radical (unpaired) electrons. The molecule has 0 spiro atoms. The van der Waals surface area contributed by atoms with Crippen LogP contribution in [0.25, 0.3) is 0 Å². The van der Waals surface area contributed by atoms with Gasteiger partial charge in [0, 0.05) is 44.7 Å². The van der Waals surface area contributed by atoms with Crippen molar-refractivity contribution < 1.29 is 9.53 Å². The van der Waals surface area contributed by atoms with Crippen LogP contribution < -0.4 is 4.90 Å². The second kappa shape index (κ2) is 10.3. The molecule has 4 heteroatoms. The molecule has 0 aliphatic carbocycles. The summed E-state index contributed by atoms with van der Waals surface area (Å²) in [5, 5.41) is 0. The Morgan fingerprint density at radius 3 is 1.97 bits per heavy atom. The number of nitrogens with zero attached hydrogens (tertiary/aromatic N) is 2. The Labute approximate surface area is 185 Å². The van der Waals surface area contributed by atoms with E-state index in [-0.39, 0.29) is 11.8 Å². The highest BCUT2D eigenvalue weighted by Crippen LogP contribution is 2.28. The molecule has 1 aliphatic rings. The van der Waals surface area contributed by atoms with E-state index < -0.39 is 0 Å². The van der Waals surface area contributed by atoms with Crippen LogP contribution in [0.2, 0.25) is 0 Å². The van der Waals surface area contributed by atoms with Crippen LogP contribution in [0.4, 0.5) is 5.69 Å². The lowest BCUT2D eigenvalue weighted by Gasteiger charge is -2.29. The molecule has 1 aliphatic heterocycles. The molecule has 4 nitrogen and oxygen atoms in total. The molecule has 1 heterocycles. The van der Waals surface area contributed by atoms with E-state index in [1.165, 1.54) is 16.8 Å². The first-order valence-electron chi connectivity index (χ1n) is 11.0. The number of benzene rings is 3. The highest BCUT2D eigenvalue weighted by Gasteiger charge is 2.20. The molecule has 0 N–H and O–H groups in total. The van der Waals surface area contributed by atoms with Crippen molar-refractivity contribution in [1.29, 1.82) is 0 Å². The third-order valence-electron chi connectivity index (χ3n) is 5.94. The maximum absolute atomic E-state index is 13.1. The summed E-state index contributed by atoms with van der Waals surface area (Å²) < 4.78 is 5.43. The molecule has 1 fully saturated rings. The third-order valence-corrected chi connectivity index (χ3v) is 5.94. The predicted octanol–water partition coefficient (Wildman–Crippen LogP) is 4.70. The van der Waals surface area contributed by atoms with Crippen molar-refractivity contribution in [2.24, 2.45) is 0 Å². The Kier molecular flexibility index (Phi) is 7.00. The smallest absolute Gasteiger partial charge is 0.223 e. The summed E-state index contributed by atoms with van der Waals surface area (Å²) in [4.78, 5) is 17.3. The minimum absolute atomic E-state index is 0.0565. The highest BCUT2D eigenvalue weighted by molar-refractivity contribution is 5.77. The van der Waals surface area contributed by atoms with Gasteiger partial charge in [-0.3, -0.25) is 4.79 Å². The molecule has 1 amide bonds. The first-order chi connectivity index (χ1) is 15.2. The van der Waals surface area contributed by atoms with Gasteiger partial charge in [0.2, 0.25) is 5.91 Å². The van der Waals surface area contributed by atoms with E-state index in [1.54, 1.807) is 0 Å². The number of hydrogen-bond acceptors (Lipinski definition) is 3. The minimum atomic E-state index is 0.0565. The van der Waals surface area contributed by atoms with Crippen LogP contribution in [0.15, 0.2) is 84.9 Å². The summed E-state index contributed by atoms with van der Waals surface area (Å²) in [5.41, 5.74) is 4.70. The van der Waals surface area contributed by atoms with Crippen LogP contribution in [-0.4, -0.2) is 44.2 Å². The fraction of sp³-hybridized carbons (Fsp3) is 0.296. The largest absolute Gasteiger partial charge is 0.378 e. The number of ether oxygens (including phenoxy) is 1. The van der Waals surface area contributed by atoms with E-state index in [1.807, 2.05) is 48.3 Å². The lowest BCUT2D eigenvalue weighted by molar-refractivity contribution is -0.130. The molecule has 0 aromatic heterocycles. The summed E-state index contributed by atoms with van der Waals surface area (Å²) in [6.07, 6.45) is 0.455. The van der Waals surface area contributed by atoms with E-state index in [0.717, 1.165) is 31.9 Å². The second-order valence-electron chi connectivity index (χ2n) is 8.09. The number of carbonyl (C=O) groups excluding carboxylic acids is 1. The Morgan fingerprint density at radius 1 is 0.871 bits per heavy atom. The molecule has 0 bridgehead atoms. The van der Waals surface area contributed by atoms with Crippen molar-refractivity contribution >= 4 is 11.6 Å². The lowest BCUT2D eigenvalue weighted by Crippen LogP contribution is -2.36. The standard InChI is InChI=1S/C27H30N2O2/c1-28(21-22-12-14-25(15-13-22)29-16-18-31-19-17-29)27(30)20-26(23-8-4-2-5-9-23)24-10-6-3-7-11-24/h2-15,26H,16-21H2,1H3. The van der Waals surface area contributed by atoms with Gasteiger partial charge in [0.1, 0.15) is 0 Å². The van der Waals surface area contributed by atoms with Crippen LogP contribution in [0.3, 0.4) is 0 Å². The van der Waals surface area contributed by atoms with E-state index >= 15 is 0 Å². The molecule has 0 atom stereocenters. The van der Waals surface area contributed by atoms with E-state index in [9.17, 15) is 4.79 Å². The Balaban J connectivity index is 1.42. The fourth-order valence-electron chi connectivity index (χ4n) is 4.13. The van der Waals surface area contributed by atoms with Crippen LogP contribution in [-0.2, 0) is 16.1 Å². The number of anilines is 1. The van der Waals surface area contributed by atoms with Gasteiger partial charge >= 0.3 is 0 Å². The van der Waals surface area contributed by atoms with Crippen molar-refractivity contribution in [3.63, 3.8) is 0 Å². The highest BCUT2D eigenvalue weighted by atomic mass is 16.5. The third kappa shape index (κ3) is 5.53. The van der Waals surface area contributed by atoms with Gasteiger partial charge in [-0.25, -0.2) is 0 Å². The Morgan fingerprint density at radius 2 is 1.42 bits per heavy atom. The molecule has 3 aromatic carbocycles. The number of hydrogen-bond donors (Lipinski definition) is 0. The number of carbonyl (C=O) groups is 1. The average Bonchev–Trinajstić information content (AvgIpc) is 2.84. The zero-order valence-corrected chi connectivity index (χ0v) is 18.1. The molecule has 1 saturated heterocycles. The quantitative estimate of drug-likeness (QED) is 0.562. The molecule has 3 aromatic rings. The topological polar surface area (TPSA) is 32.8 Å². The van der Waals surface area contributed by atoms with Gasteiger partial charge in [-0.05, 0) is 28.8 Å². The Bertz CT molecular complexity index is 912. The first-order valence-corrected chi connectivity index (χ1v) is 11.0. The van der Waals surface area contributed by atoms with Crippen molar-refractivity contribution in [1.82, 2.24) is 4.90 Å². The first kappa shape index (κ1) is 21.1. The van der Waals surface area contributed by atoms with Crippen molar-refractivity contribution in [2.75, 3.05) is 38.3 Å². The fourth-order valence-corrected chi connectivity index (χ4v) is 4.13. The molecular weight excluding hydrogens is 384 g/mol. The normalized spacial score (nSPS) is 13.9. The van der Waals surface area contributed by atoms with Gasteiger partial charge in [0.15, 0.2) is 0 Å². The molecule has 0 saturated carbocycles. The summed E-state index contributed by atoms with van der Waals surface area (Å²) in [7, 11) is 1.89. The maximum atomic E-state index is 13.1. The summed E-state index contributed by atoms with van der Waals surface area (Å²) >= 11 is 0. The molecular formula is C27H30N2O2. The van der Waals surface area contributed by atoms with E-state index in [0.29, 0.717) is 13.0 Å². The number of morpholine rings is 1. The number of amides is 1. The van der Waals surface area contributed by atoms with E-state index in [4.69, 9.17) is 4.74 Å². The van der Waals surface area contributed by atoms with Gasteiger partial charge in [0.05, 0.1) is 13.2 Å². The van der Waals surface area contributed by atoms with E-state index in [2.05, 4.69) is 53.4 Å². The molecule has 160 valence electrons. The van der Waals surface area contributed by atoms with Crippen molar-refractivity contribution in [3.8, 4) is 0 Å². The van der Waals surface area contributed by atoms with Crippen LogP contribution in [0.1, 0.15) is 29.0 Å². The maximum Gasteiger partial charge on any atom is 0.223 e. The van der Waals surface area contributed by atoms with Crippen molar-refractivity contribution in [2.45, 2.75) is 18.9 Å². The van der Waals surface area contributed by atoms with Crippen molar-refractivity contribution in [3.05, 3.63) is 102 Å². The van der Waals surface area contributed by atoms with Crippen LogP contribution in [0.5, 0.6) is 0 Å². The van der Waals surface area contributed by atoms with Gasteiger partial charge in [-0.2, -0.15) is 0 Å². The monoisotopic (exact) mass is 414 g/mol. The lowest BCUT2D eigenvalue weighted by atomic mass is 9.88. The SMILES string of the molecule is CN(Cc1ccc(N2CCOCC2)cc1)C(=O)CC(c1ccccc1)c1ccccc1. The number of rotatable bonds is 7. The predicted molar refractivity (Wildman–Crippen MR) is 125 cm³/mol. The van der Waals surface area contributed by atoms with Crippen LogP contribution >= 0.6 is 0 Å². The summed E-state index contributed by atoms with van der Waals surface area (Å²) in [6.45, 7) is 4.03. The zero-order valence-electron chi connectivity index (χ0n) is 18.1. The minimum Gasteiger partial charge on any atom is -0.378 e. The molecule has 31 heavy (non-hydrogen) atoms. The summed E-state index contributed by atoms with van der Waals surface area (Å²) in [6, 6.07) is 29.2. The van der Waals surface area contributed by atoms with Gasteiger partial charge in [-0.15, -0.1) is 0 Å². The molecule has 4 rings (SSSR count).